The number of aliphatic carboxylic acids is 1. The normalized spacial score (nSPS) is 22.8. The highest BCUT2D eigenvalue weighted by atomic mass is 32.1. The van der Waals surface area contributed by atoms with Gasteiger partial charge in [0.05, 0.1) is 18.4 Å². The van der Waals surface area contributed by atoms with Crippen LogP contribution in [0, 0.1) is 5.92 Å². The number of amides is 2. The molecule has 0 unspecified atom stereocenters. The third-order valence-corrected chi connectivity index (χ3v) is 5.86. The average molecular weight is 350 g/mol. The number of nitrogens with zero attached hydrogens (tertiary/aromatic N) is 1. The van der Waals surface area contributed by atoms with Gasteiger partial charge in [-0.25, -0.2) is 0 Å². The maximum absolute atomic E-state index is 12.6. The minimum Gasteiger partial charge on any atom is -0.481 e. The van der Waals surface area contributed by atoms with Crippen LogP contribution in [0.25, 0.3) is 0 Å². The molecule has 0 bridgehead atoms. The number of thiophene rings is 1. The molecule has 1 saturated carbocycles. The lowest BCUT2D eigenvalue weighted by Crippen LogP contribution is -2.38. The van der Waals surface area contributed by atoms with Crippen molar-refractivity contribution >= 4 is 29.1 Å². The van der Waals surface area contributed by atoms with Gasteiger partial charge in [0, 0.05) is 23.9 Å². The predicted octanol–water partition coefficient (Wildman–Crippen LogP) is 2.17. The van der Waals surface area contributed by atoms with E-state index in [4.69, 9.17) is 5.11 Å². The molecule has 24 heavy (non-hydrogen) atoms. The summed E-state index contributed by atoms with van der Waals surface area (Å²) in [6, 6.07) is 3.40. The van der Waals surface area contributed by atoms with Gasteiger partial charge in [-0.15, -0.1) is 11.3 Å². The molecule has 130 valence electrons. The predicted molar refractivity (Wildman–Crippen MR) is 89.5 cm³/mol. The van der Waals surface area contributed by atoms with Crippen LogP contribution in [0.4, 0.5) is 0 Å². The summed E-state index contributed by atoms with van der Waals surface area (Å²) in [5.74, 6) is -1.51. The van der Waals surface area contributed by atoms with Gasteiger partial charge in [-0.05, 0) is 24.3 Å². The van der Waals surface area contributed by atoms with E-state index < -0.39 is 12.0 Å². The minimum atomic E-state index is -0.955. The highest BCUT2D eigenvalue weighted by molar-refractivity contribution is 7.10. The van der Waals surface area contributed by atoms with Crippen LogP contribution >= 0.6 is 11.3 Å². The van der Waals surface area contributed by atoms with Gasteiger partial charge < -0.3 is 15.3 Å². The second-order valence-electron chi connectivity index (χ2n) is 6.56. The number of carboxylic acids is 1. The van der Waals surface area contributed by atoms with E-state index in [9.17, 15) is 14.4 Å². The maximum atomic E-state index is 12.6. The third-order valence-electron chi connectivity index (χ3n) is 4.88. The van der Waals surface area contributed by atoms with Crippen LogP contribution in [-0.2, 0) is 14.4 Å². The van der Waals surface area contributed by atoms with Gasteiger partial charge in [-0.1, -0.05) is 18.9 Å². The van der Waals surface area contributed by atoms with Gasteiger partial charge in [-0.3, -0.25) is 14.4 Å². The molecular weight excluding hydrogens is 328 g/mol. The van der Waals surface area contributed by atoms with Gasteiger partial charge in [0.15, 0.2) is 0 Å². The van der Waals surface area contributed by atoms with E-state index >= 15 is 0 Å². The van der Waals surface area contributed by atoms with Crippen molar-refractivity contribution < 1.29 is 19.5 Å². The molecule has 6 nitrogen and oxygen atoms in total. The number of rotatable bonds is 6. The Morgan fingerprint density at radius 3 is 2.75 bits per heavy atom. The number of carboxylic acid groups (broad SMARTS) is 1. The zero-order valence-electron chi connectivity index (χ0n) is 13.4. The summed E-state index contributed by atoms with van der Waals surface area (Å²) in [6.07, 6.45) is 4.41. The Labute approximate surface area is 144 Å². The van der Waals surface area contributed by atoms with Crippen molar-refractivity contribution in [3.05, 3.63) is 22.4 Å². The Hall–Kier alpha value is -1.89. The first kappa shape index (κ1) is 17.0. The summed E-state index contributed by atoms with van der Waals surface area (Å²) < 4.78 is 0. The van der Waals surface area contributed by atoms with E-state index in [2.05, 4.69) is 5.32 Å². The summed E-state index contributed by atoms with van der Waals surface area (Å²) in [7, 11) is 0. The lowest BCUT2D eigenvalue weighted by atomic mass is 10.1. The van der Waals surface area contributed by atoms with E-state index in [0.717, 1.165) is 30.6 Å². The number of nitrogens with one attached hydrogen (secondary N) is 1. The van der Waals surface area contributed by atoms with Crippen molar-refractivity contribution in [3.8, 4) is 0 Å². The van der Waals surface area contributed by atoms with Crippen LogP contribution in [0.15, 0.2) is 17.5 Å². The molecule has 1 saturated heterocycles. The summed E-state index contributed by atoms with van der Waals surface area (Å²) in [4.78, 5) is 38.5. The van der Waals surface area contributed by atoms with E-state index in [1.165, 1.54) is 11.3 Å². The number of hydrogen-bond donors (Lipinski definition) is 2. The van der Waals surface area contributed by atoms with Crippen LogP contribution < -0.4 is 5.32 Å². The Morgan fingerprint density at radius 2 is 2.12 bits per heavy atom. The molecule has 2 aliphatic rings. The van der Waals surface area contributed by atoms with Crippen molar-refractivity contribution in [2.24, 2.45) is 5.92 Å². The monoisotopic (exact) mass is 350 g/mol. The van der Waals surface area contributed by atoms with Crippen LogP contribution in [0.1, 0.15) is 49.4 Å². The van der Waals surface area contributed by atoms with Crippen LogP contribution in [0.3, 0.4) is 0 Å². The lowest BCUT2D eigenvalue weighted by Gasteiger charge is -2.24. The Morgan fingerprint density at radius 1 is 1.38 bits per heavy atom. The molecule has 2 amide bonds. The highest BCUT2D eigenvalue weighted by Gasteiger charge is 2.39. The molecular formula is C17H22N2O4S. The molecule has 0 radical (unpaired) electrons. The molecule has 2 atom stereocenters. The topological polar surface area (TPSA) is 86.7 Å². The van der Waals surface area contributed by atoms with Crippen molar-refractivity contribution in [2.45, 2.75) is 50.6 Å². The fraction of sp³-hybridized carbons (Fsp3) is 0.588. The van der Waals surface area contributed by atoms with E-state index in [-0.39, 0.29) is 36.6 Å². The number of likely N-dealkylation sites (tertiary alicyclic amines) is 1. The fourth-order valence-corrected chi connectivity index (χ4v) is 4.43. The smallest absolute Gasteiger partial charge is 0.305 e. The number of carbonyl (C=O) groups is 3. The third kappa shape index (κ3) is 3.77. The van der Waals surface area contributed by atoms with Gasteiger partial charge >= 0.3 is 5.97 Å². The lowest BCUT2D eigenvalue weighted by molar-refractivity contribution is -0.138. The molecule has 0 spiro atoms. The molecule has 2 fully saturated rings. The number of hydrogen-bond acceptors (Lipinski definition) is 4. The van der Waals surface area contributed by atoms with Gasteiger partial charge in [0.25, 0.3) is 0 Å². The molecule has 3 rings (SSSR count). The summed E-state index contributed by atoms with van der Waals surface area (Å²) >= 11 is 1.42. The average Bonchev–Trinajstić information content (AvgIpc) is 3.27. The summed E-state index contributed by atoms with van der Waals surface area (Å²) in [5.41, 5.74) is 0. The van der Waals surface area contributed by atoms with Crippen LogP contribution in [0.2, 0.25) is 0 Å². The fourth-order valence-electron chi connectivity index (χ4n) is 3.65. The Bertz CT molecular complexity index is 610. The van der Waals surface area contributed by atoms with Gasteiger partial charge in [0.1, 0.15) is 0 Å². The van der Waals surface area contributed by atoms with Gasteiger partial charge in [-0.2, -0.15) is 0 Å². The Balaban J connectivity index is 1.63. The molecule has 2 heterocycles. The first-order chi connectivity index (χ1) is 11.5. The van der Waals surface area contributed by atoms with Crippen molar-refractivity contribution in [1.82, 2.24) is 10.2 Å². The molecule has 1 aromatic rings. The van der Waals surface area contributed by atoms with Crippen molar-refractivity contribution in [3.63, 3.8) is 0 Å². The van der Waals surface area contributed by atoms with Crippen LogP contribution in [-0.4, -0.2) is 40.4 Å². The van der Waals surface area contributed by atoms with E-state index in [0.29, 0.717) is 6.54 Å². The zero-order chi connectivity index (χ0) is 17.1. The molecule has 2 N–H and O–H groups in total. The number of carbonyl (C=O) groups excluding carboxylic acids is 2. The first-order valence-corrected chi connectivity index (χ1v) is 9.27. The SMILES string of the molecule is O=C(O)C[C@H](NC(=O)[C@@H]1CC(=O)N(C2CCCC2)C1)c1cccs1. The quantitative estimate of drug-likeness (QED) is 0.823. The van der Waals surface area contributed by atoms with E-state index in [1.54, 1.807) is 0 Å². The Kier molecular flexibility index (Phi) is 5.18. The first-order valence-electron chi connectivity index (χ1n) is 8.39. The molecule has 1 aliphatic carbocycles. The summed E-state index contributed by atoms with van der Waals surface area (Å²) in [6.45, 7) is 0.458. The van der Waals surface area contributed by atoms with E-state index in [1.807, 2.05) is 22.4 Å². The maximum Gasteiger partial charge on any atom is 0.305 e. The standard InChI is InChI=1S/C17H22N2O4S/c20-15-8-11(10-19(15)12-4-1-2-5-12)17(23)18-13(9-16(21)22)14-6-3-7-24-14/h3,6-7,11-13H,1-2,4-5,8-10H2,(H,18,23)(H,21,22)/t11-,13+/m1/s1. The van der Waals surface area contributed by atoms with Gasteiger partial charge in [0.2, 0.25) is 11.8 Å². The second-order valence-corrected chi connectivity index (χ2v) is 7.54. The largest absolute Gasteiger partial charge is 0.481 e. The van der Waals surface area contributed by atoms with Crippen molar-refractivity contribution in [2.75, 3.05) is 6.54 Å². The second kappa shape index (κ2) is 7.34. The molecule has 7 heteroatoms. The molecule has 0 aromatic carbocycles. The minimum absolute atomic E-state index is 0.0490. The zero-order valence-corrected chi connectivity index (χ0v) is 14.3. The van der Waals surface area contributed by atoms with Crippen LogP contribution in [0.5, 0.6) is 0 Å². The molecule has 1 aliphatic heterocycles. The molecule has 1 aromatic heterocycles. The van der Waals surface area contributed by atoms with Crippen molar-refractivity contribution in [1.29, 1.82) is 0 Å². The highest BCUT2D eigenvalue weighted by Crippen LogP contribution is 2.30. The summed E-state index contributed by atoms with van der Waals surface area (Å²) in [5, 5.41) is 13.8.